The predicted molar refractivity (Wildman–Crippen MR) is 56.6 cm³/mol. The molecule has 1 aromatic rings. The van der Waals surface area contributed by atoms with Crippen LogP contribution in [0.4, 0.5) is 0 Å². The van der Waals surface area contributed by atoms with Crippen molar-refractivity contribution in [1.82, 2.24) is 20.0 Å². The van der Waals surface area contributed by atoms with E-state index in [0.717, 1.165) is 31.7 Å². The summed E-state index contributed by atoms with van der Waals surface area (Å²) in [4.78, 5) is 13.2. The molecule has 5 heteroatoms. The number of amides is 1. The van der Waals surface area contributed by atoms with Crippen LogP contribution in [-0.2, 0) is 13.1 Å². The summed E-state index contributed by atoms with van der Waals surface area (Å²) >= 11 is 0. The molecule has 2 rings (SSSR count). The van der Waals surface area contributed by atoms with Crippen molar-refractivity contribution in [3.8, 4) is 0 Å². The molecule has 0 aromatic carbocycles. The third-order valence-electron chi connectivity index (χ3n) is 2.52. The Kier molecular flexibility index (Phi) is 2.73. The van der Waals surface area contributed by atoms with E-state index in [0.29, 0.717) is 5.69 Å². The number of hydrogen-bond acceptors (Lipinski definition) is 3. The average Bonchev–Trinajstić information content (AvgIpc) is 2.49. The van der Waals surface area contributed by atoms with Crippen molar-refractivity contribution in [3.63, 3.8) is 0 Å². The van der Waals surface area contributed by atoms with Crippen LogP contribution in [0.3, 0.4) is 0 Å². The van der Waals surface area contributed by atoms with Crippen molar-refractivity contribution in [2.75, 3.05) is 20.6 Å². The number of nitrogens with zero attached hydrogens (tertiary/aromatic N) is 3. The molecule has 1 amide bonds. The van der Waals surface area contributed by atoms with Gasteiger partial charge < -0.3 is 10.2 Å². The lowest BCUT2D eigenvalue weighted by atomic mass is 10.3. The van der Waals surface area contributed by atoms with Crippen LogP contribution in [0, 0.1) is 0 Å². The lowest BCUT2D eigenvalue weighted by Gasteiger charge is -2.06. The zero-order chi connectivity index (χ0) is 10.8. The molecule has 0 spiro atoms. The topological polar surface area (TPSA) is 50.2 Å². The predicted octanol–water partition coefficient (Wildman–Crippen LogP) is 0.0782. The Hall–Kier alpha value is -1.36. The maximum atomic E-state index is 11.7. The van der Waals surface area contributed by atoms with Crippen molar-refractivity contribution < 1.29 is 4.79 Å². The Morgan fingerprint density at radius 3 is 3.13 bits per heavy atom. The number of carbonyl (C=O) groups is 1. The molecule has 0 unspecified atom stereocenters. The van der Waals surface area contributed by atoms with E-state index in [-0.39, 0.29) is 5.91 Å². The fraction of sp³-hybridized carbons (Fsp3) is 0.600. The van der Waals surface area contributed by atoms with E-state index in [1.807, 2.05) is 10.7 Å². The average molecular weight is 208 g/mol. The number of aryl methyl sites for hydroxylation is 1. The number of nitrogens with one attached hydrogen (secondary N) is 1. The molecular weight excluding hydrogens is 192 g/mol. The first kappa shape index (κ1) is 10.2. The van der Waals surface area contributed by atoms with E-state index in [1.165, 1.54) is 0 Å². The molecule has 0 saturated carbocycles. The SMILES string of the molecule is CN(C)C(=O)c1cc2n(n1)CCCNC2. The smallest absolute Gasteiger partial charge is 0.273 e. The number of hydrogen-bond donors (Lipinski definition) is 1. The lowest BCUT2D eigenvalue weighted by Crippen LogP contribution is -2.22. The summed E-state index contributed by atoms with van der Waals surface area (Å²) in [6.07, 6.45) is 1.06. The standard InChI is InChI=1S/C10H16N4O/c1-13(2)10(15)9-6-8-7-11-4-3-5-14(8)12-9/h6,11H,3-5,7H2,1-2H3. The highest BCUT2D eigenvalue weighted by molar-refractivity contribution is 5.92. The zero-order valence-corrected chi connectivity index (χ0v) is 9.16. The first-order valence-corrected chi connectivity index (χ1v) is 5.17. The molecule has 1 aliphatic rings. The third kappa shape index (κ3) is 2.02. The molecule has 0 bridgehead atoms. The summed E-state index contributed by atoms with van der Waals surface area (Å²) in [5.41, 5.74) is 1.64. The molecule has 82 valence electrons. The molecule has 1 aromatic heterocycles. The van der Waals surface area contributed by atoms with Crippen LogP contribution in [0.2, 0.25) is 0 Å². The summed E-state index contributed by atoms with van der Waals surface area (Å²) in [5, 5.41) is 7.62. The second-order valence-corrected chi connectivity index (χ2v) is 3.97. The number of carbonyl (C=O) groups excluding carboxylic acids is 1. The van der Waals surface area contributed by atoms with Gasteiger partial charge in [-0.2, -0.15) is 5.10 Å². The summed E-state index contributed by atoms with van der Waals surface area (Å²) < 4.78 is 1.93. The van der Waals surface area contributed by atoms with E-state index in [4.69, 9.17) is 0 Å². The number of fused-ring (bicyclic) bond motifs is 1. The van der Waals surface area contributed by atoms with Crippen molar-refractivity contribution in [2.24, 2.45) is 0 Å². The van der Waals surface area contributed by atoms with Gasteiger partial charge in [0.15, 0.2) is 5.69 Å². The summed E-state index contributed by atoms with van der Waals surface area (Å²) in [5.74, 6) is -0.0319. The number of aromatic nitrogens is 2. The highest BCUT2D eigenvalue weighted by atomic mass is 16.2. The van der Waals surface area contributed by atoms with Crippen LogP contribution in [0.25, 0.3) is 0 Å². The van der Waals surface area contributed by atoms with Gasteiger partial charge in [-0.1, -0.05) is 0 Å². The molecule has 0 radical (unpaired) electrons. The van der Waals surface area contributed by atoms with Gasteiger partial charge in [-0.15, -0.1) is 0 Å². The molecule has 15 heavy (non-hydrogen) atoms. The first-order valence-electron chi connectivity index (χ1n) is 5.17. The minimum Gasteiger partial charge on any atom is -0.343 e. The van der Waals surface area contributed by atoms with Crippen molar-refractivity contribution in [1.29, 1.82) is 0 Å². The van der Waals surface area contributed by atoms with E-state index in [1.54, 1.807) is 19.0 Å². The second-order valence-electron chi connectivity index (χ2n) is 3.97. The molecular formula is C10H16N4O. The Bertz CT molecular complexity index is 346. The molecule has 1 N–H and O–H groups in total. The second kappa shape index (κ2) is 4.02. The van der Waals surface area contributed by atoms with Gasteiger partial charge >= 0.3 is 0 Å². The summed E-state index contributed by atoms with van der Waals surface area (Å²) in [6, 6.07) is 1.88. The van der Waals surface area contributed by atoms with Crippen LogP contribution < -0.4 is 5.32 Å². The van der Waals surface area contributed by atoms with Gasteiger partial charge in [-0.25, -0.2) is 0 Å². The van der Waals surface area contributed by atoms with Gasteiger partial charge in [-0.3, -0.25) is 9.48 Å². The fourth-order valence-electron chi connectivity index (χ4n) is 1.70. The molecule has 0 fully saturated rings. The van der Waals surface area contributed by atoms with E-state index in [9.17, 15) is 4.79 Å². The van der Waals surface area contributed by atoms with E-state index >= 15 is 0 Å². The first-order chi connectivity index (χ1) is 7.18. The van der Waals surface area contributed by atoms with Crippen molar-refractivity contribution in [2.45, 2.75) is 19.5 Å². The Morgan fingerprint density at radius 1 is 1.60 bits per heavy atom. The van der Waals surface area contributed by atoms with Crippen LogP contribution in [0.1, 0.15) is 22.6 Å². The van der Waals surface area contributed by atoms with Crippen LogP contribution in [0.5, 0.6) is 0 Å². The van der Waals surface area contributed by atoms with Crippen LogP contribution in [-0.4, -0.2) is 41.2 Å². The van der Waals surface area contributed by atoms with Gasteiger partial charge in [0.2, 0.25) is 0 Å². The van der Waals surface area contributed by atoms with E-state index in [2.05, 4.69) is 10.4 Å². The molecule has 5 nitrogen and oxygen atoms in total. The number of rotatable bonds is 1. The van der Waals surface area contributed by atoms with Gasteiger partial charge in [-0.05, 0) is 19.0 Å². The zero-order valence-electron chi connectivity index (χ0n) is 9.16. The fourth-order valence-corrected chi connectivity index (χ4v) is 1.70. The van der Waals surface area contributed by atoms with Gasteiger partial charge in [0.1, 0.15) is 0 Å². The van der Waals surface area contributed by atoms with Gasteiger partial charge in [0.25, 0.3) is 5.91 Å². The maximum Gasteiger partial charge on any atom is 0.273 e. The van der Waals surface area contributed by atoms with Gasteiger partial charge in [0.05, 0.1) is 5.69 Å². The minimum absolute atomic E-state index is 0.0319. The monoisotopic (exact) mass is 208 g/mol. The van der Waals surface area contributed by atoms with Crippen molar-refractivity contribution >= 4 is 5.91 Å². The molecule has 0 saturated heterocycles. The maximum absolute atomic E-state index is 11.7. The summed E-state index contributed by atoms with van der Waals surface area (Å²) in [6.45, 7) is 2.71. The Morgan fingerprint density at radius 2 is 2.40 bits per heavy atom. The quantitative estimate of drug-likeness (QED) is 0.711. The van der Waals surface area contributed by atoms with Gasteiger partial charge in [0, 0.05) is 27.2 Å². The molecule has 0 aliphatic carbocycles. The minimum atomic E-state index is -0.0319. The highest BCUT2D eigenvalue weighted by Gasteiger charge is 2.16. The Labute approximate surface area is 89.1 Å². The van der Waals surface area contributed by atoms with Crippen LogP contribution in [0.15, 0.2) is 6.07 Å². The summed E-state index contributed by atoms with van der Waals surface area (Å²) in [7, 11) is 3.48. The van der Waals surface area contributed by atoms with Crippen molar-refractivity contribution in [3.05, 3.63) is 17.5 Å². The Balaban J connectivity index is 2.25. The van der Waals surface area contributed by atoms with Crippen LogP contribution >= 0.6 is 0 Å². The molecule has 2 heterocycles. The third-order valence-corrected chi connectivity index (χ3v) is 2.52. The lowest BCUT2D eigenvalue weighted by molar-refractivity contribution is 0.0821. The van der Waals surface area contributed by atoms with E-state index < -0.39 is 0 Å². The molecule has 1 aliphatic heterocycles. The largest absolute Gasteiger partial charge is 0.343 e. The normalized spacial score (nSPS) is 15.6. The molecule has 0 atom stereocenters. The highest BCUT2D eigenvalue weighted by Crippen LogP contribution is 2.09.